The third kappa shape index (κ3) is 10.9. The molecule has 16 nitrogen and oxygen atoms in total. The number of aliphatic carboxylic acids is 1. The van der Waals surface area contributed by atoms with Crippen molar-refractivity contribution >= 4 is 35.5 Å². The van der Waals surface area contributed by atoms with Crippen molar-refractivity contribution in [2.75, 3.05) is 6.54 Å². The molecule has 0 spiro atoms. The van der Waals surface area contributed by atoms with E-state index >= 15 is 0 Å². The Labute approximate surface area is 206 Å². The summed E-state index contributed by atoms with van der Waals surface area (Å²) in [5, 5.41) is 16.4. The van der Waals surface area contributed by atoms with Crippen LogP contribution in [0.1, 0.15) is 37.8 Å². The number of unbranched alkanes of at least 4 members (excludes halogenated alkanes) is 1. The van der Waals surface area contributed by atoms with E-state index in [2.05, 4.69) is 25.9 Å². The molecule has 13 N–H and O–H groups in total. The molecule has 5 amide bonds. The molecule has 0 aromatic carbocycles. The minimum absolute atomic E-state index is 0.0978. The molecule has 0 aliphatic carbocycles. The fraction of sp³-hybridized carbons (Fsp3) is 0.550. The molecule has 200 valence electrons. The van der Waals surface area contributed by atoms with Gasteiger partial charge in [0.15, 0.2) is 0 Å². The summed E-state index contributed by atoms with van der Waals surface area (Å²) < 4.78 is 0. The summed E-state index contributed by atoms with van der Waals surface area (Å²) in [7, 11) is 0. The fourth-order valence-corrected chi connectivity index (χ4v) is 3.12. The molecule has 0 saturated heterocycles. The minimum Gasteiger partial charge on any atom is -0.480 e. The van der Waals surface area contributed by atoms with Crippen molar-refractivity contribution in [2.45, 2.75) is 62.7 Å². The second kappa shape index (κ2) is 15.0. The SMILES string of the molecule is NCCCCC(NC(=O)C(N)CC(N)=O)C(=O)NC(CC(N)=O)C(=O)NC(Cc1cnc[nH]1)C(=O)O. The molecular formula is C20H33N9O7. The first-order valence-corrected chi connectivity index (χ1v) is 11.1. The Bertz CT molecular complexity index is 923. The molecule has 1 aromatic heterocycles. The fourth-order valence-electron chi connectivity index (χ4n) is 3.12. The highest BCUT2D eigenvalue weighted by atomic mass is 16.4. The average Bonchev–Trinajstić information content (AvgIpc) is 3.29. The van der Waals surface area contributed by atoms with Gasteiger partial charge in [0.2, 0.25) is 29.5 Å². The average molecular weight is 512 g/mol. The Morgan fingerprint density at radius 3 is 2.00 bits per heavy atom. The van der Waals surface area contributed by atoms with Gasteiger partial charge in [-0.3, -0.25) is 24.0 Å². The van der Waals surface area contributed by atoms with Crippen molar-refractivity contribution in [3.63, 3.8) is 0 Å². The molecule has 1 aromatic rings. The van der Waals surface area contributed by atoms with Crippen molar-refractivity contribution in [1.29, 1.82) is 0 Å². The lowest BCUT2D eigenvalue weighted by Crippen LogP contribution is -2.58. The number of carbonyl (C=O) groups is 6. The lowest BCUT2D eigenvalue weighted by molar-refractivity contribution is -0.142. The minimum atomic E-state index is -1.54. The molecule has 0 saturated carbocycles. The molecular weight excluding hydrogens is 478 g/mol. The van der Waals surface area contributed by atoms with E-state index in [1.54, 1.807) is 0 Å². The predicted octanol–water partition coefficient (Wildman–Crippen LogP) is -4.30. The molecule has 1 heterocycles. The van der Waals surface area contributed by atoms with Gasteiger partial charge in [-0.2, -0.15) is 0 Å². The van der Waals surface area contributed by atoms with Crippen LogP contribution in [0.15, 0.2) is 12.5 Å². The smallest absolute Gasteiger partial charge is 0.326 e. The number of hydrogen-bond acceptors (Lipinski definition) is 9. The summed E-state index contributed by atoms with van der Waals surface area (Å²) in [5.41, 5.74) is 21.8. The number of carboxylic acids is 1. The number of hydrogen-bond donors (Lipinski definition) is 9. The standard InChI is InChI=1S/C20H33N9O7/c21-4-2-1-3-12(27-17(32)11(22)6-15(23)30)18(33)28-13(7-16(24)31)19(34)29-14(20(35)36)5-10-8-25-9-26-10/h8-9,11-14H,1-7,21-22H2,(H2,23,30)(H2,24,31)(H,25,26)(H,27,32)(H,28,33)(H,29,34)(H,35,36). The number of nitrogens with two attached hydrogens (primary N) is 4. The van der Waals surface area contributed by atoms with Crippen LogP contribution in [0, 0.1) is 0 Å². The van der Waals surface area contributed by atoms with E-state index in [0.717, 1.165) is 0 Å². The van der Waals surface area contributed by atoms with Crippen molar-refractivity contribution in [3.05, 3.63) is 18.2 Å². The number of nitrogens with zero attached hydrogens (tertiary/aromatic N) is 1. The molecule has 4 atom stereocenters. The van der Waals surface area contributed by atoms with Gasteiger partial charge in [0.05, 0.1) is 25.2 Å². The highest BCUT2D eigenvalue weighted by molar-refractivity contribution is 5.96. The van der Waals surface area contributed by atoms with Crippen LogP contribution in [-0.4, -0.2) is 81.3 Å². The molecule has 0 fully saturated rings. The zero-order valence-corrected chi connectivity index (χ0v) is 19.6. The largest absolute Gasteiger partial charge is 0.480 e. The third-order valence-electron chi connectivity index (χ3n) is 4.97. The van der Waals surface area contributed by atoms with Gasteiger partial charge in [0.1, 0.15) is 18.1 Å². The summed E-state index contributed by atoms with van der Waals surface area (Å²) in [6, 6.07) is -5.45. The molecule has 36 heavy (non-hydrogen) atoms. The number of amides is 5. The molecule has 0 bridgehead atoms. The lowest BCUT2D eigenvalue weighted by Gasteiger charge is -2.24. The van der Waals surface area contributed by atoms with Crippen LogP contribution >= 0.6 is 0 Å². The van der Waals surface area contributed by atoms with Gasteiger partial charge >= 0.3 is 5.97 Å². The van der Waals surface area contributed by atoms with Crippen LogP contribution in [0.3, 0.4) is 0 Å². The second-order valence-electron chi connectivity index (χ2n) is 8.03. The number of imidazole rings is 1. The quantitative estimate of drug-likeness (QED) is 0.0906. The maximum atomic E-state index is 12.9. The number of H-pyrrole nitrogens is 1. The van der Waals surface area contributed by atoms with Crippen LogP contribution < -0.4 is 38.9 Å². The van der Waals surface area contributed by atoms with Crippen molar-refractivity contribution in [1.82, 2.24) is 25.9 Å². The summed E-state index contributed by atoms with van der Waals surface area (Å²) >= 11 is 0. The number of aromatic nitrogens is 2. The van der Waals surface area contributed by atoms with Crippen LogP contribution in [0.4, 0.5) is 0 Å². The second-order valence-corrected chi connectivity index (χ2v) is 8.03. The van der Waals surface area contributed by atoms with Crippen LogP contribution in [0.25, 0.3) is 0 Å². The van der Waals surface area contributed by atoms with E-state index in [4.69, 9.17) is 22.9 Å². The Morgan fingerprint density at radius 2 is 1.47 bits per heavy atom. The van der Waals surface area contributed by atoms with E-state index in [1.807, 2.05) is 0 Å². The first-order chi connectivity index (χ1) is 16.9. The number of rotatable bonds is 17. The molecule has 0 radical (unpaired) electrons. The summed E-state index contributed by atoms with van der Waals surface area (Å²) in [6.07, 6.45) is 2.50. The summed E-state index contributed by atoms with van der Waals surface area (Å²) in [4.78, 5) is 78.7. The Morgan fingerprint density at radius 1 is 0.889 bits per heavy atom. The summed E-state index contributed by atoms with van der Waals surface area (Å²) in [5.74, 6) is -5.79. The van der Waals surface area contributed by atoms with Crippen LogP contribution in [0.2, 0.25) is 0 Å². The zero-order chi connectivity index (χ0) is 27.3. The Balaban J connectivity index is 2.98. The highest BCUT2D eigenvalue weighted by Gasteiger charge is 2.31. The van der Waals surface area contributed by atoms with Crippen molar-refractivity contribution < 1.29 is 33.9 Å². The topological polar surface area (TPSA) is 292 Å². The first-order valence-electron chi connectivity index (χ1n) is 11.1. The van der Waals surface area contributed by atoms with E-state index in [1.165, 1.54) is 12.5 Å². The maximum Gasteiger partial charge on any atom is 0.326 e. The molecule has 0 aliphatic heterocycles. The van der Waals surface area contributed by atoms with Crippen LogP contribution in [-0.2, 0) is 35.2 Å². The van der Waals surface area contributed by atoms with Gasteiger partial charge < -0.3 is 49.0 Å². The number of primary amides is 2. The zero-order valence-electron chi connectivity index (χ0n) is 19.6. The van der Waals surface area contributed by atoms with Gasteiger partial charge in [0, 0.05) is 18.3 Å². The van der Waals surface area contributed by atoms with Gasteiger partial charge in [0.25, 0.3) is 0 Å². The first kappa shape index (κ1) is 30.0. The van der Waals surface area contributed by atoms with Gasteiger partial charge in [-0.05, 0) is 25.8 Å². The van der Waals surface area contributed by atoms with E-state index < -0.39 is 72.5 Å². The molecule has 16 heteroatoms. The van der Waals surface area contributed by atoms with E-state index in [0.29, 0.717) is 25.1 Å². The molecule has 4 unspecified atom stereocenters. The summed E-state index contributed by atoms with van der Waals surface area (Å²) in [6.45, 7) is 0.323. The van der Waals surface area contributed by atoms with Crippen LogP contribution in [0.5, 0.6) is 0 Å². The number of aromatic amines is 1. The normalized spacial score (nSPS) is 14.1. The lowest BCUT2D eigenvalue weighted by atomic mass is 10.1. The van der Waals surface area contributed by atoms with E-state index in [-0.39, 0.29) is 12.8 Å². The number of carbonyl (C=O) groups excluding carboxylic acids is 5. The van der Waals surface area contributed by atoms with Crippen molar-refractivity contribution in [3.8, 4) is 0 Å². The number of nitrogens with one attached hydrogen (secondary N) is 4. The Kier molecular flexibility index (Phi) is 12.5. The highest BCUT2D eigenvalue weighted by Crippen LogP contribution is 2.05. The van der Waals surface area contributed by atoms with E-state index in [9.17, 15) is 33.9 Å². The Hall–Kier alpha value is -4.05. The predicted molar refractivity (Wildman–Crippen MR) is 124 cm³/mol. The maximum absolute atomic E-state index is 12.9. The number of carboxylic acid groups (broad SMARTS) is 1. The molecule has 1 rings (SSSR count). The molecule has 0 aliphatic rings. The van der Waals surface area contributed by atoms with Crippen molar-refractivity contribution in [2.24, 2.45) is 22.9 Å². The monoisotopic (exact) mass is 511 g/mol. The van der Waals surface area contributed by atoms with Gasteiger partial charge in [-0.25, -0.2) is 9.78 Å². The van der Waals surface area contributed by atoms with Gasteiger partial charge in [-0.1, -0.05) is 0 Å². The van der Waals surface area contributed by atoms with Gasteiger partial charge in [-0.15, -0.1) is 0 Å². The third-order valence-corrected chi connectivity index (χ3v) is 4.97.